The molecule has 5 saturated carbocycles. The highest BCUT2D eigenvalue weighted by Gasteiger charge is 2.71. The van der Waals surface area contributed by atoms with Gasteiger partial charge in [-0.15, -0.1) is 0 Å². The molecule has 51 heavy (non-hydrogen) atoms. The molecule has 4 N–H and O–H groups in total. The third-order valence-electron chi connectivity index (χ3n) is 16.7. The van der Waals surface area contributed by atoms with Crippen LogP contribution in [0.4, 0.5) is 0 Å². The predicted molar refractivity (Wildman–Crippen MR) is 205 cm³/mol. The number of aliphatic hydroxyl groups excluding tert-OH is 1. The molecule has 11 atom stereocenters. The van der Waals surface area contributed by atoms with E-state index in [0.717, 1.165) is 70.6 Å². The molecule has 0 spiro atoms. The van der Waals surface area contributed by atoms with E-state index in [-0.39, 0.29) is 50.9 Å². The molecule has 0 aromatic heterocycles. The maximum absolute atomic E-state index is 14.4. The summed E-state index contributed by atoms with van der Waals surface area (Å²) in [4.78, 5) is 38.2. The largest absolute Gasteiger partial charge is 0.480 e. The number of aliphatic carboxylic acids is 1. The lowest BCUT2D eigenvalue weighted by Crippen LogP contribution is -2.67. The Labute approximate surface area is 310 Å². The van der Waals surface area contributed by atoms with E-state index < -0.39 is 12.0 Å². The van der Waals surface area contributed by atoms with Gasteiger partial charge < -0.3 is 20.8 Å². The smallest absolute Gasteiger partial charge is 0.326 e. The Balaban J connectivity index is 1.18. The van der Waals surface area contributed by atoms with Crippen molar-refractivity contribution in [2.24, 2.45) is 62.6 Å². The van der Waals surface area contributed by atoms with Gasteiger partial charge in [-0.05, 0) is 148 Å². The monoisotopic (exact) mass is 711 g/mol. The first-order valence-electron chi connectivity index (χ1n) is 21.0. The topological polar surface area (TPSA) is 116 Å². The molecule has 2 amide bonds. The van der Waals surface area contributed by atoms with E-state index in [2.05, 4.69) is 58.8 Å². The quantitative estimate of drug-likeness (QED) is 0.106. The van der Waals surface area contributed by atoms with Gasteiger partial charge in [0.2, 0.25) is 11.8 Å². The van der Waals surface area contributed by atoms with Gasteiger partial charge in [0.05, 0.1) is 11.5 Å². The lowest BCUT2D eigenvalue weighted by Gasteiger charge is -2.72. The zero-order chi connectivity index (χ0) is 37.6. The molecule has 0 aliphatic heterocycles. The molecule has 7 nitrogen and oxygen atoms in total. The number of carbonyl (C=O) groups is 3. The summed E-state index contributed by atoms with van der Waals surface area (Å²) in [6.07, 6.45) is 16.3. The molecule has 290 valence electrons. The van der Waals surface area contributed by atoms with Crippen molar-refractivity contribution < 1.29 is 24.6 Å². The summed E-state index contributed by atoms with van der Waals surface area (Å²) in [7, 11) is 0. The molecule has 0 aromatic rings. The van der Waals surface area contributed by atoms with E-state index in [0.29, 0.717) is 49.0 Å². The summed E-state index contributed by atoms with van der Waals surface area (Å²) in [6.45, 7) is 23.9. The zero-order valence-corrected chi connectivity index (χ0v) is 33.7. The summed E-state index contributed by atoms with van der Waals surface area (Å²) < 4.78 is 0. The summed E-state index contributed by atoms with van der Waals surface area (Å²) in [5.41, 5.74) is 1.60. The third-order valence-corrected chi connectivity index (χ3v) is 16.7. The molecule has 5 fully saturated rings. The number of hydrogen-bond donors (Lipinski definition) is 4. The first-order valence-corrected chi connectivity index (χ1v) is 21.0. The van der Waals surface area contributed by atoms with Gasteiger partial charge in [0, 0.05) is 13.0 Å². The molecular formula is C44H74N2O5. The summed E-state index contributed by atoms with van der Waals surface area (Å²) in [5.74, 6) is 1.84. The molecule has 0 heterocycles. The lowest BCUT2D eigenvalue weighted by molar-refractivity contribution is -0.246. The summed E-state index contributed by atoms with van der Waals surface area (Å²) in [6, 6.07) is -0.815. The molecule has 0 bridgehead atoms. The van der Waals surface area contributed by atoms with E-state index >= 15 is 0 Å². The van der Waals surface area contributed by atoms with Crippen LogP contribution in [0.5, 0.6) is 0 Å². The number of hydrogen-bond acceptors (Lipinski definition) is 4. The van der Waals surface area contributed by atoms with Crippen molar-refractivity contribution in [3.63, 3.8) is 0 Å². The van der Waals surface area contributed by atoms with E-state index in [1.165, 1.54) is 31.3 Å². The van der Waals surface area contributed by atoms with Crippen molar-refractivity contribution in [2.75, 3.05) is 6.54 Å². The molecule has 5 rings (SSSR count). The Kier molecular flexibility index (Phi) is 11.9. The number of unbranched alkanes of at least 4 members (excludes halogenated alkanes) is 4. The summed E-state index contributed by atoms with van der Waals surface area (Å²) >= 11 is 0. The van der Waals surface area contributed by atoms with E-state index in [9.17, 15) is 24.6 Å². The highest BCUT2D eigenvalue weighted by molar-refractivity contribution is 5.84. The Morgan fingerprint density at radius 2 is 1.49 bits per heavy atom. The van der Waals surface area contributed by atoms with Crippen molar-refractivity contribution in [3.8, 4) is 0 Å². The van der Waals surface area contributed by atoms with Gasteiger partial charge in [-0.2, -0.15) is 0 Å². The van der Waals surface area contributed by atoms with Crippen molar-refractivity contribution in [1.29, 1.82) is 0 Å². The molecule has 7 heteroatoms. The minimum Gasteiger partial charge on any atom is -0.480 e. The molecular weight excluding hydrogens is 636 g/mol. The van der Waals surface area contributed by atoms with Crippen LogP contribution in [0, 0.1) is 62.6 Å². The van der Waals surface area contributed by atoms with Crippen LogP contribution in [0.3, 0.4) is 0 Å². The number of fused-ring (bicyclic) bond motifs is 7. The van der Waals surface area contributed by atoms with Crippen LogP contribution in [-0.2, 0) is 14.4 Å². The molecule has 0 aromatic carbocycles. The normalized spacial score (nSPS) is 40.3. The van der Waals surface area contributed by atoms with Crippen LogP contribution in [0.2, 0.25) is 0 Å². The van der Waals surface area contributed by atoms with Crippen LogP contribution in [0.15, 0.2) is 12.2 Å². The molecule has 0 unspecified atom stereocenters. The number of rotatable bonds is 14. The van der Waals surface area contributed by atoms with Gasteiger partial charge >= 0.3 is 5.97 Å². The van der Waals surface area contributed by atoms with Gasteiger partial charge in [0.25, 0.3) is 0 Å². The van der Waals surface area contributed by atoms with Gasteiger partial charge in [0.1, 0.15) is 6.04 Å². The van der Waals surface area contributed by atoms with E-state index in [1.807, 2.05) is 13.8 Å². The Morgan fingerprint density at radius 3 is 2.16 bits per heavy atom. The van der Waals surface area contributed by atoms with Crippen molar-refractivity contribution in [1.82, 2.24) is 10.6 Å². The minimum atomic E-state index is -0.969. The van der Waals surface area contributed by atoms with E-state index in [4.69, 9.17) is 0 Å². The Morgan fingerprint density at radius 1 is 0.804 bits per heavy atom. The average Bonchev–Trinajstić information content (AvgIpc) is 3.45. The van der Waals surface area contributed by atoms with Crippen LogP contribution in [0.1, 0.15) is 165 Å². The Hall–Kier alpha value is -1.89. The number of carboxylic acid groups (broad SMARTS) is 1. The Bertz CT molecular complexity index is 1310. The summed E-state index contributed by atoms with van der Waals surface area (Å²) in [5, 5.41) is 26.6. The number of nitrogens with one attached hydrogen (secondary N) is 2. The van der Waals surface area contributed by atoms with Crippen molar-refractivity contribution >= 4 is 17.8 Å². The third kappa shape index (κ3) is 7.09. The van der Waals surface area contributed by atoms with Crippen molar-refractivity contribution in [2.45, 2.75) is 177 Å². The van der Waals surface area contributed by atoms with Crippen LogP contribution >= 0.6 is 0 Å². The zero-order valence-electron chi connectivity index (χ0n) is 33.7. The van der Waals surface area contributed by atoms with Gasteiger partial charge in [0.15, 0.2) is 0 Å². The maximum atomic E-state index is 14.4. The molecule has 5 aliphatic carbocycles. The molecule has 0 radical (unpaired) electrons. The van der Waals surface area contributed by atoms with Gasteiger partial charge in [-0.1, -0.05) is 79.9 Å². The first kappa shape index (κ1) is 40.3. The highest BCUT2D eigenvalue weighted by Crippen LogP contribution is 2.77. The first-order chi connectivity index (χ1) is 23.8. The average molecular weight is 711 g/mol. The number of carbonyl (C=O) groups excluding carboxylic acids is 2. The minimum absolute atomic E-state index is 0.0423. The fourth-order valence-electron chi connectivity index (χ4n) is 13.8. The number of carboxylic acids is 1. The van der Waals surface area contributed by atoms with Crippen LogP contribution in [0.25, 0.3) is 0 Å². The fourth-order valence-corrected chi connectivity index (χ4v) is 13.8. The van der Waals surface area contributed by atoms with Gasteiger partial charge in [-0.25, -0.2) is 4.79 Å². The van der Waals surface area contributed by atoms with Crippen LogP contribution in [-0.4, -0.2) is 46.7 Å². The van der Waals surface area contributed by atoms with E-state index in [1.54, 1.807) is 0 Å². The number of allylic oxidation sites excluding steroid dienone is 1. The molecule has 0 saturated heterocycles. The highest BCUT2D eigenvalue weighted by atomic mass is 16.4. The second-order valence-electron chi connectivity index (χ2n) is 20.1. The number of aliphatic hydroxyl groups is 1. The lowest BCUT2D eigenvalue weighted by atomic mass is 9.32. The maximum Gasteiger partial charge on any atom is 0.326 e. The molecule has 5 aliphatic rings. The SMILES string of the molecule is C=C(C)[C@@H]1CC[C@]2(C(=O)NCCCCCCCC(=O)N[C@@H](CC(C)C)C(=O)O)CC[C@]3(C)[C@H](CC[C@@H]4[C@@]5(C)CC[C@H](O)C(C)(C)[C@@H]5CC[C@]43C)[C@@H]12. The van der Waals surface area contributed by atoms with Gasteiger partial charge in [-0.3, -0.25) is 9.59 Å². The van der Waals surface area contributed by atoms with Crippen molar-refractivity contribution in [3.05, 3.63) is 12.2 Å². The van der Waals surface area contributed by atoms with Crippen LogP contribution < -0.4 is 10.6 Å². The number of amides is 2. The second-order valence-corrected chi connectivity index (χ2v) is 20.1. The fraction of sp³-hybridized carbons (Fsp3) is 0.886. The predicted octanol–water partition coefficient (Wildman–Crippen LogP) is 9.08. The standard InChI is InChI=1S/C44H74N2O5/c1-28(2)27-32(38(49)50)46-36(48)15-13-11-10-12-14-26-45-39(51)44-23-18-30(29(3)4)37(44)31-16-17-34-41(7)21-20-35(47)40(5,6)33(41)19-22-43(34,9)42(31,8)24-25-44/h28,30-35,37,47H,3,10-27H2,1-2,4-9H3,(H,45,51)(H,46,48)(H,49,50)/t30-,31+,32-,33-,34+,35-,37+,41-,42+,43+,44-/m0/s1. The second kappa shape index (κ2) is 15.1.